The summed E-state index contributed by atoms with van der Waals surface area (Å²) in [5.74, 6) is 0.782. The molecule has 0 bridgehead atoms. The van der Waals surface area contributed by atoms with Crippen LogP contribution >= 0.6 is 0 Å². The van der Waals surface area contributed by atoms with Crippen LogP contribution in [-0.4, -0.2) is 46.6 Å². The number of hydrogen-bond donors (Lipinski definition) is 0. The molecule has 0 spiro atoms. The molecular weight excluding hydrogens is 318 g/mol. The van der Waals surface area contributed by atoms with Crippen molar-refractivity contribution in [3.63, 3.8) is 0 Å². The number of aryl methyl sites for hydroxylation is 2. The molecule has 0 unspecified atom stereocenters. The van der Waals surface area contributed by atoms with Gasteiger partial charge in [-0.1, -0.05) is 0 Å². The molecule has 1 aliphatic heterocycles. The number of benzene rings is 1. The van der Waals surface area contributed by atoms with Gasteiger partial charge in [0.25, 0.3) is 5.91 Å². The Morgan fingerprint density at radius 3 is 2.52 bits per heavy atom. The monoisotopic (exact) mass is 341 g/mol. The normalized spacial score (nSPS) is 16.8. The van der Waals surface area contributed by atoms with Crippen molar-refractivity contribution in [2.45, 2.75) is 33.3 Å². The summed E-state index contributed by atoms with van der Waals surface area (Å²) in [5.41, 5.74) is 2.41. The second kappa shape index (κ2) is 7.51. The molecule has 0 radical (unpaired) electrons. The minimum Gasteiger partial charge on any atom is -0.494 e. The standard InChI is InChI=1S/C19H23N3O3/c1-4-24-16-7-5-15(6-8-16)18(23)22-10-9-17(12-22)25-19-20-13(2)11-14(3)21-19/h5-8,11,17H,4,9-10,12H2,1-3H3/t17-/m0/s1. The van der Waals surface area contributed by atoms with E-state index in [4.69, 9.17) is 9.47 Å². The summed E-state index contributed by atoms with van der Waals surface area (Å²) in [6, 6.07) is 9.54. The topological polar surface area (TPSA) is 64.5 Å². The van der Waals surface area contributed by atoms with Crippen LogP contribution in [0.5, 0.6) is 11.8 Å². The van der Waals surface area contributed by atoms with Gasteiger partial charge in [-0.05, 0) is 51.1 Å². The van der Waals surface area contributed by atoms with Crippen molar-refractivity contribution in [3.05, 3.63) is 47.3 Å². The van der Waals surface area contributed by atoms with E-state index in [2.05, 4.69) is 9.97 Å². The first-order chi connectivity index (χ1) is 12.0. The van der Waals surface area contributed by atoms with E-state index in [0.717, 1.165) is 23.6 Å². The molecule has 6 heteroatoms. The average Bonchev–Trinajstić information content (AvgIpc) is 3.02. The van der Waals surface area contributed by atoms with Gasteiger partial charge in [-0.3, -0.25) is 4.79 Å². The maximum Gasteiger partial charge on any atom is 0.317 e. The summed E-state index contributed by atoms with van der Waals surface area (Å²) in [4.78, 5) is 23.0. The summed E-state index contributed by atoms with van der Waals surface area (Å²) < 4.78 is 11.3. The zero-order valence-electron chi connectivity index (χ0n) is 14.9. The molecular formula is C19H23N3O3. The van der Waals surface area contributed by atoms with E-state index in [1.54, 1.807) is 12.1 Å². The van der Waals surface area contributed by atoms with Gasteiger partial charge in [0.15, 0.2) is 0 Å². The highest BCUT2D eigenvalue weighted by molar-refractivity contribution is 5.94. The van der Waals surface area contributed by atoms with Gasteiger partial charge >= 0.3 is 6.01 Å². The van der Waals surface area contributed by atoms with E-state index in [-0.39, 0.29) is 12.0 Å². The van der Waals surface area contributed by atoms with Gasteiger partial charge in [-0.15, -0.1) is 0 Å². The molecule has 1 aromatic heterocycles. The van der Waals surface area contributed by atoms with Crippen LogP contribution in [0, 0.1) is 13.8 Å². The fourth-order valence-corrected chi connectivity index (χ4v) is 2.95. The number of likely N-dealkylation sites (tertiary alicyclic amines) is 1. The van der Waals surface area contributed by atoms with Gasteiger partial charge in [0.05, 0.1) is 13.2 Å². The third kappa shape index (κ3) is 4.26. The molecule has 1 amide bonds. The van der Waals surface area contributed by atoms with Gasteiger partial charge in [0.2, 0.25) is 0 Å². The molecule has 1 saturated heterocycles. The molecule has 1 atom stereocenters. The van der Waals surface area contributed by atoms with Crippen molar-refractivity contribution in [2.24, 2.45) is 0 Å². The Morgan fingerprint density at radius 1 is 1.20 bits per heavy atom. The van der Waals surface area contributed by atoms with E-state index in [1.807, 2.05) is 43.9 Å². The molecule has 132 valence electrons. The van der Waals surface area contributed by atoms with Crippen molar-refractivity contribution in [1.29, 1.82) is 0 Å². The average molecular weight is 341 g/mol. The molecule has 1 aromatic carbocycles. The van der Waals surface area contributed by atoms with Gasteiger partial charge in [-0.25, -0.2) is 9.97 Å². The van der Waals surface area contributed by atoms with Crippen LogP contribution in [0.4, 0.5) is 0 Å². The lowest BCUT2D eigenvalue weighted by Crippen LogP contribution is -2.31. The van der Waals surface area contributed by atoms with Gasteiger partial charge in [0.1, 0.15) is 11.9 Å². The SMILES string of the molecule is CCOc1ccc(C(=O)N2CC[C@H](Oc3nc(C)cc(C)n3)C2)cc1. The zero-order chi connectivity index (χ0) is 17.8. The van der Waals surface area contributed by atoms with E-state index in [9.17, 15) is 4.79 Å². The lowest BCUT2D eigenvalue weighted by atomic mass is 10.2. The second-order valence-electron chi connectivity index (χ2n) is 6.17. The predicted molar refractivity (Wildman–Crippen MR) is 94.1 cm³/mol. The number of aromatic nitrogens is 2. The first-order valence-corrected chi connectivity index (χ1v) is 8.56. The molecule has 3 rings (SSSR count). The number of carbonyl (C=O) groups is 1. The fraction of sp³-hybridized carbons (Fsp3) is 0.421. The van der Waals surface area contributed by atoms with Crippen molar-refractivity contribution >= 4 is 5.91 Å². The first-order valence-electron chi connectivity index (χ1n) is 8.56. The number of ether oxygens (including phenoxy) is 2. The molecule has 2 heterocycles. The van der Waals surface area contributed by atoms with Crippen LogP contribution in [0.1, 0.15) is 35.1 Å². The van der Waals surface area contributed by atoms with Crippen molar-refractivity contribution in [1.82, 2.24) is 14.9 Å². The van der Waals surface area contributed by atoms with Crippen molar-refractivity contribution < 1.29 is 14.3 Å². The number of nitrogens with zero attached hydrogens (tertiary/aromatic N) is 3. The van der Waals surface area contributed by atoms with Crippen LogP contribution in [0.3, 0.4) is 0 Å². The Bertz CT molecular complexity index is 726. The zero-order valence-corrected chi connectivity index (χ0v) is 14.9. The molecule has 1 fully saturated rings. The van der Waals surface area contributed by atoms with Crippen molar-refractivity contribution in [3.8, 4) is 11.8 Å². The number of carbonyl (C=O) groups excluding carboxylic acids is 1. The van der Waals surface area contributed by atoms with E-state index < -0.39 is 0 Å². The summed E-state index contributed by atoms with van der Waals surface area (Å²) in [5, 5.41) is 0. The fourth-order valence-electron chi connectivity index (χ4n) is 2.95. The molecule has 25 heavy (non-hydrogen) atoms. The number of rotatable bonds is 5. The van der Waals surface area contributed by atoms with E-state index in [0.29, 0.717) is 31.3 Å². The summed E-state index contributed by atoms with van der Waals surface area (Å²) in [6.45, 7) is 7.58. The van der Waals surface area contributed by atoms with Crippen LogP contribution in [0.25, 0.3) is 0 Å². The minimum atomic E-state index is -0.0761. The van der Waals surface area contributed by atoms with Crippen LogP contribution in [0.2, 0.25) is 0 Å². The summed E-state index contributed by atoms with van der Waals surface area (Å²) in [6.07, 6.45) is 0.701. The smallest absolute Gasteiger partial charge is 0.317 e. The Morgan fingerprint density at radius 2 is 1.88 bits per heavy atom. The molecule has 0 N–H and O–H groups in total. The Kier molecular flexibility index (Phi) is 5.16. The summed E-state index contributed by atoms with van der Waals surface area (Å²) >= 11 is 0. The van der Waals surface area contributed by atoms with Crippen molar-refractivity contribution in [2.75, 3.05) is 19.7 Å². The predicted octanol–water partition coefficient (Wildman–Crippen LogP) is 2.79. The highest BCUT2D eigenvalue weighted by Crippen LogP contribution is 2.19. The van der Waals surface area contributed by atoms with E-state index >= 15 is 0 Å². The highest BCUT2D eigenvalue weighted by atomic mass is 16.5. The molecule has 0 aliphatic carbocycles. The molecule has 1 aliphatic rings. The van der Waals surface area contributed by atoms with Crippen LogP contribution in [0.15, 0.2) is 30.3 Å². The lowest BCUT2D eigenvalue weighted by Gasteiger charge is -2.17. The number of amides is 1. The third-order valence-corrected chi connectivity index (χ3v) is 4.08. The quantitative estimate of drug-likeness (QED) is 0.837. The third-order valence-electron chi connectivity index (χ3n) is 4.08. The van der Waals surface area contributed by atoms with Crippen LogP contribution < -0.4 is 9.47 Å². The minimum absolute atomic E-state index is 0.00971. The largest absolute Gasteiger partial charge is 0.494 e. The molecule has 2 aromatic rings. The van der Waals surface area contributed by atoms with Gasteiger partial charge in [0, 0.05) is 29.9 Å². The maximum atomic E-state index is 12.6. The van der Waals surface area contributed by atoms with Gasteiger partial charge < -0.3 is 14.4 Å². The molecule has 6 nitrogen and oxygen atoms in total. The Balaban J connectivity index is 1.60. The van der Waals surface area contributed by atoms with Gasteiger partial charge in [-0.2, -0.15) is 0 Å². The lowest BCUT2D eigenvalue weighted by molar-refractivity contribution is 0.0769. The second-order valence-corrected chi connectivity index (χ2v) is 6.17. The number of hydrogen-bond acceptors (Lipinski definition) is 5. The van der Waals surface area contributed by atoms with E-state index in [1.165, 1.54) is 0 Å². The first kappa shape index (κ1) is 17.2. The van der Waals surface area contributed by atoms with Crippen LogP contribution in [-0.2, 0) is 0 Å². The maximum absolute atomic E-state index is 12.6. The highest BCUT2D eigenvalue weighted by Gasteiger charge is 2.29. The Labute approximate surface area is 147 Å². The summed E-state index contributed by atoms with van der Waals surface area (Å²) in [7, 11) is 0. The Hall–Kier alpha value is -2.63. The molecule has 0 saturated carbocycles.